The average molecular weight is 216 g/mol. The molecule has 1 aromatic rings. The van der Waals surface area contributed by atoms with Crippen LogP contribution in [0.25, 0.3) is 0 Å². The number of hydrogen-bond acceptors (Lipinski definition) is 1. The second kappa shape index (κ2) is 4.58. The van der Waals surface area contributed by atoms with Gasteiger partial charge in [0.1, 0.15) is 0 Å². The topological polar surface area (TPSA) is 9.23 Å². The summed E-state index contributed by atoms with van der Waals surface area (Å²) in [5.41, 5.74) is 3.19. The summed E-state index contributed by atoms with van der Waals surface area (Å²) in [6.45, 7) is 1.98. The van der Waals surface area contributed by atoms with Crippen molar-refractivity contribution in [3.63, 3.8) is 0 Å². The van der Waals surface area contributed by atoms with Crippen molar-refractivity contribution in [1.82, 2.24) is 0 Å². The SMILES string of the molecule is c1ccc2c(c1)CCC(C1CCOCC1)C2. The van der Waals surface area contributed by atoms with Crippen LogP contribution in [0, 0.1) is 11.8 Å². The summed E-state index contributed by atoms with van der Waals surface area (Å²) in [5, 5.41) is 0. The van der Waals surface area contributed by atoms with Crippen molar-refractivity contribution in [3.8, 4) is 0 Å². The standard InChI is InChI=1S/C15H20O/c1-2-4-14-11-15(6-5-12(14)3-1)13-7-9-16-10-8-13/h1-4,13,15H,5-11H2. The third-order valence-corrected chi connectivity index (χ3v) is 4.32. The van der Waals surface area contributed by atoms with Crippen molar-refractivity contribution >= 4 is 0 Å². The lowest BCUT2D eigenvalue weighted by molar-refractivity contribution is 0.0439. The Morgan fingerprint density at radius 1 is 0.875 bits per heavy atom. The Hall–Kier alpha value is -0.820. The summed E-state index contributed by atoms with van der Waals surface area (Å²) < 4.78 is 5.46. The van der Waals surface area contributed by atoms with Crippen molar-refractivity contribution in [2.45, 2.75) is 32.1 Å². The van der Waals surface area contributed by atoms with Gasteiger partial charge in [-0.25, -0.2) is 0 Å². The van der Waals surface area contributed by atoms with E-state index in [0.717, 1.165) is 25.0 Å². The fourth-order valence-corrected chi connectivity index (χ4v) is 3.32. The predicted molar refractivity (Wildman–Crippen MR) is 65.5 cm³/mol. The Balaban J connectivity index is 1.72. The molecule has 0 saturated carbocycles. The summed E-state index contributed by atoms with van der Waals surface area (Å²) >= 11 is 0. The first-order valence-electron chi connectivity index (χ1n) is 6.58. The van der Waals surface area contributed by atoms with E-state index in [1.807, 2.05) is 0 Å². The Labute approximate surface area is 97.8 Å². The molecule has 0 radical (unpaired) electrons. The van der Waals surface area contributed by atoms with Crippen LogP contribution in [0.3, 0.4) is 0 Å². The summed E-state index contributed by atoms with van der Waals surface area (Å²) in [7, 11) is 0. The van der Waals surface area contributed by atoms with Gasteiger partial charge in [0.2, 0.25) is 0 Å². The van der Waals surface area contributed by atoms with Crippen LogP contribution < -0.4 is 0 Å². The Bertz CT molecular complexity index is 352. The van der Waals surface area contributed by atoms with Crippen molar-refractivity contribution in [2.75, 3.05) is 13.2 Å². The van der Waals surface area contributed by atoms with Gasteiger partial charge in [0.15, 0.2) is 0 Å². The van der Waals surface area contributed by atoms with E-state index in [9.17, 15) is 0 Å². The minimum absolute atomic E-state index is 0.916. The zero-order valence-electron chi connectivity index (χ0n) is 9.82. The van der Waals surface area contributed by atoms with Crippen LogP contribution in [0.1, 0.15) is 30.4 Å². The predicted octanol–water partition coefficient (Wildman–Crippen LogP) is 3.22. The normalized spacial score (nSPS) is 26.4. The second-order valence-corrected chi connectivity index (χ2v) is 5.22. The Morgan fingerprint density at radius 2 is 1.62 bits per heavy atom. The number of hydrogen-bond donors (Lipinski definition) is 0. The molecule has 1 nitrogen and oxygen atoms in total. The molecule has 3 rings (SSSR count). The highest BCUT2D eigenvalue weighted by atomic mass is 16.5. The molecule has 0 spiro atoms. The molecule has 16 heavy (non-hydrogen) atoms. The molecule has 2 aliphatic rings. The lowest BCUT2D eigenvalue weighted by atomic mass is 9.74. The van der Waals surface area contributed by atoms with Gasteiger partial charge in [-0.1, -0.05) is 24.3 Å². The van der Waals surface area contributed by atoms with E-state index in [1.165, 1.54) is 32.1 Å². The zero-order chi connectivity index (χ0) is 10.8. The molecule has 1 aromatic carbocycles. The van der Waals surface area contributed by atoms with Crippen LogP contribution in [0.4, 0.5) is 0 Å². The van der Waals surface area contributed by atoms with Gasteiger partial charge in [0, 0.05) is 13.2 Å². The first-order valence-corrected chi connectivity index (χ1v) is 6.58. The molecular formula is C15H20O. The number of benzene rings is 1. The first kappa shape index (κ1) is 10.3. The summed E-state index contributed by atoms with van der Waals surface area (Å²) in [6, 6.07) is 8.98. The molecule has 0 aromatic heterocycles. The fourth-order valence-electron chi connectivity index (χ4n) is 3.32. The molecule has 0 bridgehead atoms. The highest BCUT2D eigenvalue weighted by molar-refractivity contribution is 5.29. The highest BCUT2D eigenvalue weighted by Crippen LogP contribution is 2.34. The average Bonchev–Trinajstić information content (AvgIpc) is 2.39. The van der Waals surface area contributed by atoms with Gasteiger partial charge in [0.05, 0.1) is 0 Å². The highest BCUT2D eigenvalue weighted by Gasteiger charge is 2.27. The maximum absolute atomic E-state index is 5.46. The fraction of sp³-hybridized carbons (Fsp3) is 0.600. The number of aryl methyl sites for hydroxylation is 1. The smallest absolute Gasteiger partial charge is 0.0468 e. The van der Waals surface area contributed by atoms with Crippen molar-refractivity contribution in [2.24, 2.45) is 11.8 Å². The van der Waals surface area contributed by atoms with Crippen LogP contribution in [-0.4, -0.2) is 13.2 Å². The summed E-state index contributed by atoms with van der Waals surface area (Å²) in [5.74, 6) is 1.83. The molecule has 0 N–H and O–H groups in total. The zero-order valence-corrected chi connectivity index (χ0v) is 9.82. The van der Waals surface area contributed by atoms with E-state index in [1.54, 1.807) is 11.1 Å². The van der Waals surface area contributed by atoms with Crippen molar-refractivity contribution in [3.05, 3.63) is 35.4 Å². The molecule has 1 saturated heterocycles. The van der Waals surface area contributed by atoms with Gasteiger partial charge in [-0.3, -0.25) is 0 Å². The van der Waals surface area contributed by atoms with Gasteiger partial charge in [-0.2, -0.15) is 0 Å². The van der Waals surface area contributed by atoms with Gasteiger partial charge in [-0.15, -0.1) is 0 Å². The minimum atomic E-state index is 0.916. The maximum Gasteiger partial charge on any atom is 0.0468 e. The monoisotopic (exact) mass is 216 g/mol. The molecule has 1 aliphatic heterocycles. The van der Waals surface area contributed by atoms with Gasteiger partial charge in [-0.05, 0) is 55.1 Å². The number of ether oxygens (including phenoxy) is 1. The summed E-state index contributed by atoms with van der Waals surface area (Å²) in [4.78, 5) is 0. The third kappa shape index (κ3) is 2.01. The second-order valence-electron chi connectivity index (χ2n) is 5.22. The van der Waals surface area contributed by atoms with E-state index in [4.69, 9.17) is 4.74 Å². The first-order chi connectivity index (χ1) is 7.93. The molecule has 1 heteroatoms. The van der Waals surface area contributed by atoms with E-state index in [-0.39, 0.29) is 0 Å². The lowest BCUT2D eigenvalue weighted by Gasteiger charge is -2.33. The molecule has 1 fully saturated rings. The van der Waals surface area contributed by atoms with Gasteiger partial charge < -0.3 is 4.74 Å². The van der Waals surface area contributed by atoms with Crippen molar-refractivity contribution < 1.29 is 4.74 Å². The van der Waals surface area contributed by atoms with Crippen LogP contribution in [0.2, 0.25) is 0 Å². The molecule has 1 heterocycles. The minimum Gasteiger partial charge on any atom is -0.381 e. The van der Waals surface area contributed by atoms with Crippen LogP contribution >= 0.6 is 0 Å². The van der Waals surface area contributed by atoms with Gasteiger partial charge >= 0.3 is 0 Å². The molecule has 0 amide bonds. The molecule has 1 unspecified atom stereocenters. The molecular weight excluding hydrogens is 196 g/mol. The Kier molecular flexibility index (Phi) is 2.96. The van der Waals surface area contributed by atoms with E-state index in [2.05, 4.69) is 24.3 Å². The number of fused-ring (bicyclic) bond motifs is 1. The van der Waals surface area contributed by atoms with Crippen LogP contribution in [-0.2, 0) is 17.6 Å². The van der Waals surface area contributed by atoms with Gasteiger partial charge in [0.25, 0.3) is 0 Å². The van der Waals surface area contributed by atoms with Crippen molar-refractivity contribution in [1.29, 1.82) is 0 Å². The maximum atomic E-state index is 5.46. The van der Waals surface area contributed by atoms with E-state index >= 15 is 0 Å². The molecule has 86 valence electrons. The third-order valence-electron chi connectivity index (χ3n) is 4.32. The lowest BCUT2D eigenvalue weighted by Crippen LogP contribution is -2.27. The van der Waals surface area contributed by atoms with Crippen LogP contribution in [0.5, 0.6) is 0 Å². The quantitative estimate of drug-likeness (QED) is 0.700. The van der Waals surface area contributed by atoms with E-state index < -0.39 is 0 Å². The Morgan fingerprint density at radius 3 is 2.44 bits per heavy atom. The largest absolute Gasteiger partial charge is 0.381 e. The van der Waals surface area contributed by atoms with Crippen LogP contribution in [0.15, 0.2) is 24.3 Å². The molecule has 1 atom stereocenters. The molecule has 1 aliphatic carbocycles. The van der Waals surface area contributed by atoms with E-state index in [0.29, 0.717) is 0 Å². The number of rotatable bonds is 1. The summed E-state index contributed by atoms with van der Waals surface area (Å²) in [6.07, 6.45) is 6.56.